The molecule has 0 saturated carbocycles. The fourth-order valence-electron chi connectivity index (χ4n) is 4.28. The molecule has 0 aliphatic carbocycles. The maximum absolute atomic E-state index is 13.5. The first-order valence-electron chi connectivity index (χ1n) is 14.0. The number of ether oxygens (including phenoxy) is 1. The lowest BCUT2D eigenvalue weighted by Gasteiger charge is -2.12. The molecule has 5 aromatic rings. The number of carbonyl (C=O) groups is 4. The minimum absolute atomic E-state index is 0.0437. The number of rotatable bonds is 12. The summed E-state index contributed by atoms with van der Waals surface area (Å²) in [5, 5.41) is 11.4. The molecule has 5 rings (SSSR count). The molecule has 0 radical (unpaired) electrons. The van der Waals surface area contributed by atoms with Crippen molar-refractivity contribution in [3.05, 3.63) is 113 Å². The lowest BCUT2D eigenvalue weighted by molar-refractivity contribution is -0.142. The number of nitrogens with one attached hydrogen (secondary N) is 4. The van der Waals surface area contributed by atoms with Crippen molar-refractivity contribution in [1.82, 2.24) is 15.3 Å². The first-order valence-corrected chi connectivity index (χ1v) is 15.8. The van der Waals surface area contributed by atoms with Crippen molar-refractivity contribution in [2.24, 2.45) is 0 Å². The molecule has 0 aliphatic rings. The van der Waals surface area contributed by atoms with Crippen LogP contribution in [0.1, 0.15) is 28.5 Å². The van der Waals surface area contributed by atoms with E-state index < -0.39 is 11.8 Å². The van der Waals surface area contributed by atoms with Crippen LogP contribution in [0.25, 0.3) is 17.0 Å². The number of hydrogen-bond acceptors (Lipinski definition) is 8. The SMILES string of the molecule is CCOC(=O)Cc1csc(NC(=O)CSc2cccc(NC(=O)/C(=C/c3c[nH]c4ccccc34)NC(=O)c3ccccc3)c2)n1. The zero-order valence-electron chi connectivity index (χ0n) is 24.2. The molecule has 3 amide bonds. The molecule has 12 heteroatoms. The highest BCUT2D eigenvalue weighted by Gasteiger charge is 2.17. The first-order chi connectivity index (χ1) is 21.9. The molecule has 3 aromatic carbocycles. The molecule has 10 nitrogen and oxygen atoms in total. The van der Waals surface area contributed by atoms with Crippen LogP contribution in [0.15, 0.2) is 101 Å². The normalized spacial score (nSPS) is 11.2. The van der Waals surface area contributed by atoms with E-state index in [0.717, 1.165) is 21.4 Å². The van der Waals surface area contributed by atoms with Crippen LogP contribution >= 0.6 is 23.1 Å². The summed E-state index contributed by atoms with van der Waals surface area (Å²) in [6.45, 7) is 2.03. The predicted molar refractivity (Wildman–Crippen MR) is 177 cm³/mol. The molecule has 4 N–H and O–H groups in total. The average molecular weight is 640 g/mol. The highest BCUT2D eigenvalue weighted by molar-refractivity contribution is 8.00. The van der Waals surface area contributed by atoms with E-state index in [1.807, 2.05) is 36.4 Å². The maximum Gasteiger partial charge on any atom is 0.311 e. The van der Waals surface area contributed by atoms with Gasteiger partial charge < -0.3 is 25.7 Å². The van der Waals surface area contributed by atoms with E-state index in [-0.39, 0.29) is 29.7 Å². The third-order valence-electron chi connectivity index (χ3n) is 6.34. The molecule has 0 fully saturated rings. The van der Waals surface area contributed by atoms with E-state index in [4.69, 9.17) is 4.74 Å². The summed E-state index contributed by atoms with van der Waals surface area (Å²) in [6.07, 6.45) is 3.46. The Balaban J connectivity index is 1.24. The fraction of sp³-hybridized carbons (Fsp3) is 0.121. The second-order valence-electron chi connectivity index (χ2n) is 9.61. The number of hydrogen-bond donors (Lipinski definition) is 4. The Morgan fingerprint density at radius 1 is 0.978 bits per heavy atom. The van der Waals surface area contributed by atoms with Crippen LogP contribution in [0.5, 0.6) is 0 Å². The van der Waals surface area contributed by atoms with Crippen LogP contribution in [-0.2, 0) is 25.5 Å². The fourth-order valence-corrected chi connectivity index (χ4v) is 5.76. The van der Waals surface area contributed by atoms with Crippen molar-refractivity contribution in [2.45, 2.75) is 18.2 Å². The predicted octanol–water partition coefficient (Wildman–Crippen LogP) is 5.87. The third kappa shape index (κ3) is 8.68. The molecule has 0 aliphatic heterocycles. The lowest BCUT2D eigenvalue weighted by Crippen LogP contribution is -2.30. The minimum Gasteiger partial charge on any atom is -0.466 e. The highest BCUT2D eigenvalue weighted by Crippen LogP contribution is 2.24. The largest absolute Gasteiger partial charge is 0.466 e. The Kier molecular flexibility index (Phi) is 10.4. The van der Waals surface area contributed by atoms with Crippen LogP contribution in [0.2, 0.25) is 0 Å². The Morgan fingerprint density at radius 2 is 1.78 bits per heavy atom. The number of thiazole rings is 1. The van der Waals surface area contributed by atoms with E-state index >= 15 is 0 Å². The Labute approximate surface area is 267 Å². The number of carbonyl (C=O) groups excluding carboxylic acids is 4. The number of aromatic amines is 1. The molecule has 0 saturated heterocycles. The molecule has 0 bridgehead atoms. The second-order valence-corrected chi connectivity index (χ2v) is 11.5. The molecule has 0 spiro atoms. The number of nitrogens with zero attached hydrogens (tertiary/aromatic N) is 1. The van der Waals surface area contributed by atoms with Gasteiger partial charge in [-0.15, -0.1) is 23.1 Å². The molecule has 2 heterocycles. The Bertz CT molecular complexity index is 1870. The van der Waals surface area contributed by atoms with Crippen LogP contribution in [0.3, 0.4) is 0 Å². The smallest absolute Gasteiger partial charge is 0.311 e. The van der Waals surface area contributed by atoms with Gasteiger partial charge in [0.15, 0.2) is 5.13 Å². The summed E-state index contributed by atoms with van der Waals surface area (Å²) < 4.78 is 4.93. The van der Waals surface area contributed by atoms with Gasteiger partial charge >= 0.3 is 5.97 Å². The van der Waals surface area contributed by atoms with Gasteiger partial charge in [-0.1, -0.05) is 42.5 Å². The van der Waals surface area contributed by atoms with E-state index in [0.29, 0.717) is 28.7 Å². The van der Waals surface area contributed by atoms with Crippen LogP contribution in [-0.4, -0.2) is 46.0 Å². The first kappa shape index (κ1) is 31.2. The lowest BCUT2D eigenvalue weighted by atomic mass is 10.1. The molecule has 2 aromatic heterocycles. The summed E-state index contributed by atoms with van der Waals surface area (Å²) >= 11 is 2.52. The molecular formula is C33H29N5O5S2. The molecule has 0 atom stereocenters. The van der Waals surface area contributed by atoms with Crippen molar-refractivity contribution in [1.29, 1.82) is 0 Å². The number of fused-ring (bicyclic) bond motifs is 1. The van der Waals surface area contributed by atoms with Gasteiger partial charge in [-0.2, -0.15) is 0 Å². The number of thioether (sulfide) groups is 1. The number of benzene rings is 3. The van der Waals surface area contributed by atoms with Crippen molar-refractivity contribution < 1.29 is 23.9 Å². The van der Waals surface area contributed by atoms with E-state index in [1.165, 1.54) is 23.1 Å². The second kappa shape index (κ2) is 15.0. The summed E-state index contributed by atoms with van der Waals surface area (Å²) in [4.78, 5) is 58.9. The molecule has 0 unspecified atom stereocenters. The van der Waals surface area contributed by atoms with Gasteiger partial charge in [0.05, 0.1) is 24.5 Å². The van der Waals surface area contributed by atoms with Crippen molar-refractivity contribution in [3.63, 3.8) is 0 Å². The molecule has 45 heavy (non-hydrogen) atoms. The standard InChI is InChI=1S/C33H29N5O5S2/c1-2-43-30(40)17-24-19-45-33(36-24)38-29(39)20-44-25-12-8-11-23(16-25)35-32(42)28(37-31(41)21-9-4-3-5-10-21)15-22-18-34-27-14-7-6-13-26(22)27/h3-16,18-19,34H,2,17,20H2,1H3,(H,35,42)(H,37,41)(H,36,38,39)/b28-15-. The maximum atomic E-state index is 13.5. The van der Waals surface area contributed by atoms with E-state index in [9.17, 15) is 19.2 Å². The quantitative estimate of drug-likeness (QED) is 0.0760. The van der Waals surface area contributed by atoms with Crippen molar-refractivity contribution >= 4 is 74.6 Å². The van der Waals surface area contributed by atoms with E-state index in [2.05, 4.69) is 25.9 Å². The van der Waals surface area contributed by atoms with Gasteiger partial charge in [0.25, 0.3) is 11.8 Å². The van der Waals surface area contributed by atoms with Crippen molar-refractivity contribution in [3.8, 4) is 0 Å². The molecular weight excluding hydrogens is 611 g/mol. The number of amides is 3. The Morgan fingerprint density at radius 3 is 2.60 bits per heavy atom. The molecule has 228 valence electrons. The van der Waals surface area contributed by atoms with Crippen molar-refractivity contribution in [2.75, 3.05) is 23.0 Å². The monoisotopic (exact) mass is 639 g/mol. The zero-order chi connectivity index (χ0) is 31.6. The number of H-pyrrole nitrogens is 1. The van der Waals surface area contributed by atoms with Gasteiger partial charge in [-0.3, -0.25) is 19.2 Å². The van der Waals surface area contributed by atoms with Gasteiger partial charge in [-0.25, -0.2) is 4.98 Å². The summed E-state index contributed by atoms with van der Waals surface area (Å²) in [5.41, 5.74) is 3.15. The number of aromatic nitrogens is 2. The van der Waals surface area contributed by atoms with E-state index in [1.54, 1.807) is 67.0 Å². The number of esters is 1. The highest BCUT2D eigenvalue weighted by atomic mass is 32.2. The van der Waals surface area contributed by atoms with Crippen LogP contribution in [0.4, 0.5) is 10.8 Å². The zero-order valence-corrected chi connectivity index (χ0v) is 25.8. The topological polar surface area (TPSA) is 142 Å². The summed E-state index contributed by atoms with van der Waals surface area (Å²) in [5.74, 6) is -1.46. The van der Waals surface area contributed by atoms with Gasteiger partial charge in [0.1, 0.15) is 5.70 Å². The Hall–Kier alpha value is -5.20. The minimum atomic E-state index is -0.508. The third-order valence-corrected chi connectivity index (χ3v) is 8.14. The number of anilines is 2. The van der Waals surface area contributed by atoms with Gasteiger partial charge in [-0.05, 0) is 49.4 Å². The van der Waals surface area contributed by atoms with Crippen LogP contribution in [0, 0.1) is 0 Å². The summed E-state index contributed by atoms with van der Waals surface area (Å²) in [6, 6.07) is 23.4. The van der Waals surface area contributed by atoms with Gasteiger partial charge in [0, 0.05) is 44.2 Å². The van der Waals surface area contributed by atoms with Gasteiger partial charge in [0.2, 0.25) is 5.91 Å². The average Bonchev–Trinajstić information content (AvgIpc) is 3.66. The number of para-hydroxylation sites is 1. The summed E-state index contributed by atoms with van der Waals surface area (Å²) in [7, 11) is 0. The van der Waals surface area contributed by atoms with Crippen LogP contribution < -0.4 is 16.0 Å².